The van der Waals surface area contributed by atoms with E-state index in [0.717, 1.165) is 6.07 Å². The number of nitro groups is 1. The highest BCUT2D eigenvalue weighted by molar-refractivity contribution is 6.37. The lowest BCUT2D eigenvalue weighted by atomic mass is 10.0. The van der Waals surface area contributed by atoms with Crippen molar-refractivity contribution in [3.63, 3.8) is 0 Å². The largest absolute Gasteiger partial charge is 0.462 e. The van der Waals surface area contributed by atoms with E-state index in [1.807, 2.05) is 0 Å². The molecule has 0 N–H and O–H groups in total. The number of halogens is 1. The van der Waals surface area contributed by atoms with Crippen LogP contribution in [0.2, 0.25) is 5.02 Å². The summed E-state index contributed by atoms with van der Waals surface area (Å²) in [5.41, 5.74) is -0.674. The van der Waals surface area contributed by atoms with Gasteiger partial charge in [-0.3, -0.25) is 14.9 Å². The second kappa shape index (κ2) is 7.56. The van der Waals surface area contributed by atoms with Gasteiger partial charge in [-0.1, -0.05) is 11.6 Å². The first-order valence-corrected chi connectivity index (χ1v) is 6.69. The molecular weight excluding hydrogens is 312 g/mol. The predicted octanol–water partition coefficient (Wildman–Crippen LogP) is 2.44. The molecule has 0 aliphatic heterocycles. The lowest BCUT2D eigenvalue weighted by Crippen LogP contribution is -2.19. The number of non-ortho nitro benzene ring substituents is 1. The lowest BCUT2D eigenvalue weighted by molar-refractivity contribution is -0.384. The zero-order chi connectivity index (χ0) is 16.9. The number of rotatable bonds is 6. The highest BCUT2D eigenvalue weighted by atomic mass is 35.5. The van der Waals surface area contributed by atoms with Crippen LogP contribution in [-0.4, -0.2) is 42.3 Å². The van der Waals surface area contributed by atoms with E-state index in [-0.39, 0.29) is 28.5 Å². The number of esters is 1. The van der Waals surface area contributed by atoms with E-state index >= 15 is 0 Å². The van der Waals surface area contributed by atoms with Gasteiger partial charge >= 0.3 is 5.97 Å². The summed E-state index contributed by atoms with van der Waals surface area (Å²) < 4.78 is 4.83. The Morgan fingerprint density at radius 2 is 2.05 bits per heavy atom. The van der Waals surface area contributed by atoms with Crippen LogP contribution in [-0.2, 0) is 9.53 Å². The molecule has 0 amide bonds. The molecule has 0 atom stereocenters. The summed E-state index contributed by atoms with van der Waals surface area (Å²) in [4.78, 5) is 36.1. The lowest BCUT2D eigenvalue weighted by Gasteiger charge is -2.11. The quantitative estimate of drug-likeness (QED) is 0.152. The Bertz CT molecular complexity index is 640. The van der Waals surface area contributed by atoms with Crippen LogP contribution >= 0.6 is 11.6 Å². The van der Waals surface area contributed by atoms with E-state index in [4.69, 9.17) is 16.3 Å². The molecule has 1 rings (SSSR count). The number of Topliss-reactive ketones (excluding diaryl/α,β-unsaturated/α-hetero) is 1. The first kappa shape index (κ1) is 17.6. The average molecular weight is 327 g/mol. The molecule has 0 saturated carbocycles. The average Bonchev–Trinajstić information content (AvgIpc) is 2.44. The molecule has 22 heavy (non-hydrogen) atoms. The van der Waals surface area contributed by atoms with Gasteiger partial charge < -0.3 is 9.64 Å². The summed E-state index contributed by atoms with van der Waals surface area (Å²) in [6.07, 6.45) is 1.29. The van der Waals surface area contributed by atoms with Gasteiger partial charge in [0.1, 0.15) is 5.57 Å². The van der Waals surface area contributed by atoms with Crippen molar-refractivity contribution in [1.82, 2.24) is 4.90 Å². The van der Waals surface area contributed by atoms with Gasteiger partial charge in [0.25, 0.3) is 5.69 Å². The number of ether oxygens (including phenoxy) is 1. The van der Waals surface area contributed by atoms with Gasteiger partial charge in [-0.05, 0) is 13.0 Å². The topological polar surface area (TPSA) is 89.8 Å². The fourth-order valence-electron chi connectivity index (χ4n) is 1.62. The number of carbonyl (C=O) groups excluding carboxylic acids is 2. The highest BCUT2D eigenvalue weighted by Gasteiger charge is 2.25. The zero-order valence-electron chi connectivity index (χ0n) is 12.3. The molecule has 8 heteroatoms. The van der Waals surface area contributed by atoms with E-state index < -0.39 is 16.7 Å². The van der Waals surface area contributed by atoms with Gasteiger partial charge in [0.2, 0.25) is 5.78 Å². The van der Waals surface area contributed by atoms with Crippen molar-refractivity contribution in [2.75, 3.05) is 20.7 Å². The summed E-state index contributed by atoms with van der Waals surface area (Å²) in [5, 5.41) is 10.8. The number of nitro benzene ring substituents is 1. The normalized spacial score (nSPS) is 11.0. The van der Waals surface area contributed by atoms with Crippen LogP contribution in [0.5, 0.6) is 0 Å². The molecule has 1 aromatic rings. The molecule has 0 radical (unpaired) electrons. The molecule has 0 saturated heterocycles. The van der Waals surface area contributed by atoms with Crippen LogP contribution in [0.15, 0.2) is 30.0 Å². The van der Waals surface area contributed by atoms with Crippen LogP contribution < -0.4 is 0 Å². The molecule has 7 nitrogen and oxygen atoms in total. The molecule has 0 bridgehead atoms. The van der Waals surface area contributed by atoms with E-state index in [2.05, 4.69) is 0 Å². The second-order valence-corrected chi connectivity index (χ2v) is 4.88. The second-order valence-electron chi connectivity index (χ2n) is 4.48. The number of nitrogens with zero attached hydrogens (tertiary/aromatic N) is 2. The summed E-state index contributed by atoms with van der Waals surface area (Å²) >= 11 is 5.92. The third-order valence-corrected chi connectivity index (χ3v) is 2.86. The molecule has 1 aromatic carbocycles. The summed E-state index contributed by atoms with van der Waals surface area (Å²) in [5.74, 6) is -1.55. The maximum atomic E-state index is 12.5. The summed E-state index contributed by atoms with van der Waals surface area (Å²) in [6, 6.07) is 3.46. The first-order valence-electron chi connectivity index (χ1n) is 6.32. The zero-order valence-corrected chi connectivity index (χ0v) is 13.1. The predicted molar refractivity (Wildman–Crippen MR) is 80.8 cm³/mol. The van der Waals surface area contributed by atoms with Crippen molar-refractivity contribution in [3.8, 4) is 0 Å². The Morgan fingerprint density at radius 1 is 1.41 bits per heavy atom. The van der Waals surface area contributed by atoms with Gasteiger partial charge in [0.15, 0.2) is 0 Å². The van der Waals surface area contributed by atoms with Crippen molar-refractivity contribution in [2.24, 2.45) is 0 Å². The van der Waals surface area contributed by atoms with Crippen molar-refractivity contribution in [2.45, 2.75) is 6.92 Å². The van der Waals surface area contributed by atoms with Crippen LogP contribution in [0, 0.1) is 10.1 Å². The summed E-state index contributed by atoms with van der Waals surface area (Å²) in [7, 11) is 3.25. The SMILES string of the molecule is CCOC(=O)/C(=C\N(C)C)C(=O)c1cc([N+](=O)[O-])ccc1Cl. The Hall–Kier alpha value is -2.41. The standard InChI is InChI=1S/C14H15ClN2O5/c1-4-22-14(19)11(8-16(2)3)13(18)10-7-9(17(20)21)5-6-12(10)15/h5-8H,4H2,1-3H3/b11-8-. The van der Waals surface area contributed by atoms with Gasteiger partial charge in [-0.15, -0.1) is 0 Å². The van der Waals surface area contributed by atoms with Gasteiger partial charge in [-0.25, -0.2) is 4.79 Å². The molecule has 0 unspecified atom stereocenters. The van der Waals surface area contributed by atoms with Crippen molar-refractivity contribution < 1.29 is 19.2 Å². The monoisotopic (exact) mass is 326 g/mol. The molecule has 0 fully saturated rings. The summed E-state index contributed by atoms with van der Waals surface area (Å²) in [6.45, 7) is 1.70. The first-order chi connectivity index (χ1) is 10.3. The molecule has 0 aliphatic rings. The molecule has 0 spiro atoms. The van der Waals surface area contributed by atoms with Crippen molar-refractivity contribution in [3.05, 3.63) is 50.7 Å². The minimum absolute atomic E-state index is 0.0181. The Balaban J connectivity index is 3.33. The maximum Gasteiger partial charge on any atom is 0.343 e. The maximum absolute atomic E-state index is 12.5. The number of benzene rings is 1. The highest BCUT2D eigenvalue weighted by Crippen LogP contribution is 2.25. The smallest absolute Gasteiger partial charge is 0.343 e. The fraction of sp³-hybridized carbons (Fsp3) is 0.286. The van der Waals surface area contributed by atoms with Gasteiger partial charge in [0.05, 0.1) is 16.6 Å². The molecule has 0 heterocycles. The molecular formula is C14H15ClN2O5. The van der Waals surface area contributed by atoms with Gasteiger partial charge in [-0.2, -0.15) is 0 Å². The van der Waals surface area contributed by atoms with Crippen LogP contribution in [0.25, 0.3) is 0 Å². The van der Waals surface area contributed by atoms with Gasteiger partial charge in [0, 0.05) is 38.0 Å². The van der Waals surface area contributed by atoms with Crippen molar-refractivity contribution in [1.29, 1.82) is 0 Å². The number of hydrogen-bond donors (Lipinski definition) is 0. The van der Waals surface area contributed by atoms with Crippen LogP contribution in [0.1, 0.15) is 17.3 Å². The third-order valence-electron chi connectivity index (χ3n) is 2.53. The third kappa shape index (κ3) is 4.29. The minimum Gasteiger partial charge on any atom is -0.462 e. The van der Waals surface area contributed by atoms with E-state index in [0.29, 0.717) is 0 Å². The van der Waals surface area contributed by atoms with E-state index in [1.54, 1.807) is 21.0 Å². The van der Waals surface area contributed by atoms with Crippen LogP contribution in [0.3, 0.4) is 0 Å². The van der Waals surface area contributed by atoms with E-state index in [1.165, 1.54) is 23.2 Å². The molecule has 118 valence electrons. The Labute approximate surface area is 132 Å². The number of carbonyl (C=O) groups is 2. The fourth-order valence-corrected chi connectivity index (χ4v) is 1.82. The van der Waals surface area contributed by atoms with E-state index in [9.17, 15) is 19.7 Å². The Kier molecular flexibility index (Phi) is 6.06. The van der Waals surface area contributed by atoms with Crippen LogP contribution in [0.4, 0.5) is 5.69 Å². The molecule has 0 aromatic heterocycles. The molecule has 0 aliphatic carbocycles. The minimum atomic E-state index is -0.816. The van der Waals surface area contributed by atoms with Crippen molar-refractivity contribution >= 4 is 29.0 Å². The Morgan fingerprint density at radius 3 is 2.55 bits per heavy atom. The number of hydrogen-bond acceptors (Lipinski definition) is 6. The number of ketones is 1.